The number of aromatic nitrogens is 1. The molecule has 0 unspecified atom stereocenters. The fraction of sp³-hybridized carbons (Fsp3) is 0.812. The molecular formula is C16H26ClNS. The lowest BCUT2D eigenvalue weighted by molar-refractivity contribution is 0.169. The van der Waals surface area contributed by atoms with Gasteiger partial charge < -0.3 is 0 Å². The molecule has 1 saturated carbocycles. The molecule has 2 rings (SSSR count). The van der Waals surface area contributed by atoms with Gasteiger partial charge in [-0.3, -0.25) is 0 Å². The third-order valence-corrected chi connectivity index (χ3v) is 5.76. The fourth-order valence-electron chi connectivity index (χ4n) is 3.08. The first-order chi connectivity index (χ1) is 9.00. The Bertz CT molecular complexity index is 386. The quantitative estimate of drug-likeness (QED) is 0.656. The van der Waals surface area contributed by atoms with Gasteiger partial charge >= 0.3 is 0 Å². The minimum Gasteiger partial charge on any atom is -0.246 e. The lowest BCUT2D eigenvalue weighted by Crippen LogP contribution is -2.25. The lowest BCUT2D eigenvalue weighted by Gasteiger charge is -2.36. The van der Waals surface area contributed by atoms with Crippen LogP contribution in [-0.4, -0.2) is 10.9 Å². The SMILES string of the molecule is CC(C)(C)C1CCC(c2nc(CCCCl)cs2)CC1. The van der Waals surface area contributed by atoms with Gasteiger partial charge in [-0.2, -0.15) is 0 Å². The predicted molar refractivity (Wildman–Crippen MR) is 85.3 cm³/mol. The van der Waals surface area contributed by atoms with E-state index in [-0.39, 0.29) is 0 Å². The first kappa shape index (κ1) is 15.3. The van der Waals surface area contributed by atoms with Crippen molar-refractivity contribution in [2.75, 3.05) is 5.88 Å². The molecule has 1 aliphatic rings. The van der Waals surface area contributed by atoms with Crippen molar-refractivity contribution in [3.63, 3.8) is 0 Å². The molecule has 1 aromatic rings. The van der Waals surface area contributed by atoms with Crippen molar-refractivity contribution in [2.45, 2.75) is 65.2 Å². The van der Waals surface area contributed by atoms with E-state index in [4.69, 9.17) is 16.6 Å². The van der Waals surface area contributed by atoms with Crippen LogP contribution in [0.2, 0.25) is 0 Å². The van der Waals surface area contributed by atoms with Crippen molar-refractivity contribution in [2.24, 2.45) is 11.3 Å². The average molecular weight is 300 g/mol. The maximum Gasteiger partial charge on any atom is 0.0959 e. The van der Waals surface area contributed by atoms with E-state index in [1.165, 1.54) is 36.4 Å². The van der Waals surface area contributed by atoms with Crippen LogP contribution in [0.4, 0.5) is 0 Å². The summed E-state index contributed by atoms with van der Waals surface area (Å²) in [7, 11) is 0. The van der Waals surface area contributed by atoms with Crippen LogP contribution in [0, 0.1) is 11.3 Å². The Labute approximate surface area is 126 Å². The van der Waals surface area contributed by atoms with Crippen LogP contribution in [0.15, 0.2) is 5.38 Å². The third kappa shape index (κ3) is 4.19. The van der Waals surface area contributed by atoms with Gasteiger partial charge in [0.1, 0.15) is 0 Å². The van der Waals surface area contributed by atoms with E-state index in [2.05, 4.69) is 26.2 Å². The Balaban J connectivity index is 1.89. The van der Waals surface area contributed by atoms with E-state index in [1.807, 2.05) is 11.3 Å². The molecule has 19 heavy (non-hydrogen) atoms. The summed E-state index contributed by atoms with van der Waals surface area (Å²) in [6.07, 6.45) is 7.46. The van der Waals surface area contributed by atoms with Crippen molar-refractivity contribution >= 4 is 22.9 Å². The summed E-state index contributed by atoms with van der Waals surface area (Å²) >= 11 is 7.60. The molecule has 1 heterocycles. The number of halogens is 1. The molecule has 0 aliphatic heterocycles. The zero-order valence-electron chi connectivity index (χ0n) is 12.4. The second-order valence-corrected chi connectivity index (χ2v) is 8.15. The average Bonchev–Trinajstić information content (AvgIpc) is 2.84. The summed E-state index contributed by atoms with van der Waals surface area (Å²) in [5, 5.41) is 3.61. The van der Waals surface area contributed by atoms with Gasteiger partial charge in [0.15, 0.2) is 0 Å². The van der Waals surface area contributed by atoms with Gasteiger partial charge in [-0.05, 0) is 49.9 Å². The Kier molecular flexibility index (Phi) is 5.30. The monoisotopic (exact) mass is 299 g/mol. The van der Waals surface area contributed by atoms with Gasteiger partial charge in [0.25, 0.3) is 0 Å². The number of aryl methyl sites for hydroxylation is 1. The van der Waals surface area contributed by atoms with Crippen LogP contribution >= 0.6 is 22.9 Å². The maximum absolute atomic E-state index is 5.74. The lowest BCUT2D eigenvalue weighted by atomic mass is 9.70. The fourth-order valence-corrected chi connectivity index (χ4v) is 4.24. The number of nitrogens with zero attached hydrogens (tertiary/aromatic N) is 1. The molecule has 0 bridgehead atoms. The van der Waals surface area contributed by atoms with E-state index in [0.29, 0.717) is 11.3 Å². The summed E-state index contributed by atoms with van der Waals surface area (Å²) in [5.74, 6) is 2.34. The van der Waals surface area contributed by atoms with Crippen molar-refractivity contribution < 1.29 is 0 Å². The van der Waals surface area contributed by atoms with Gasteiger partial charge in [-0.1, -0.05) is 20.8 Å². The zero-order chi connectivity index (χ0) is 13.9. The first-order valence-corrected chi connectivity index (χ1v) is 8.92. The van der Waals surface area contributed by atoms with Gasteiger partial charge in [0.2, 0.25) is 0 Å². The highest BCUT2D eigenvalue weighted by molar-refractivity contribution is 7.09. The van der Waals surface area contributed by atoms with Crippen LogP contribution in [0.25, 0.3) is 0 Å². The van der Waals surface area contributed by atoms with Crippen molar-refractivity contribution in [1.29, 1.82) is 0 Å². The minimum absolute atomic E-state index is 0.472. The molecule has 0 aromatic carbocycles. The number of hydrogen-bond acceptors (Lipinski definition) is 2. The summed E-state index contributed by atoms with van der Waals surface area (Å²) in [6, 6.07) is 0. The molecule has 0 amide bonds. The molecule has 108 valence electrons. The number of alkyl halides is 1. The first-order valence-electron chi connectivity index (χ1n) is 7.51. The second kappa shape index (κ2) is 6.58. The summed E-state index contributed by atoms with van der Waals surface area (Å²) in [4.78, 5) is 4.82. The molecule has 1 nitrogen and oxygen atoms in total. The van der Waals surface area contributed by atoms with Crippen LogP contribution in [0.3, 0.4) is 0 Å². The van der Waals surface area contributed by atoms with Crippen molar-refractivity contribution in [1.82, 2.24) is 4.98 Å². The minimum atomic E-state index is 0.472. The zero-order valence-corrected chi connectivity index (χ0v) is 14.0. The summed E-state index contributed by atoms with van der Waals surface area (Å²) in [6.45, 7) is 7.14. The maximum atomic E-state index is 5.74. The second-order valence-electron chi connectivity index (χ2n) is 6.88. The molecular weight excluding hydrogens is 274 g/mol. The van der Waals surface area contributed by atoms with Crippen LogP contribution < -0.4 is 0 Å². The number of thiazole rings is 1. The molecule has 0 N–H and O–H groups in total. The standard InChI is InChI=1S/C16H26ClNS/c1-16(2,3)13-8-6-12(7-9-13)15-18-14(11-19-15)5-4-10-17/h11-13H,4-10H2,1-3H3. The van der Waals surface area contributed by atoms with Crippen molar-refractivity contribution in [3.8, 4) is 0 Å². The van der Waals surface area contributed by atoms with Crippen LogP contribution in [0.1, 0.15) is 69.5 Å². The summed E-state index contributed by atoms with van der Waals surface area (Å²) in [5.41, 5.74) is 1.72. The molecule has 1 fully saturated rings. The smallest absolute Gasteiger partial charge is 0.0959 e. The largest absolute Gasteiger partial charge is 0.246 e. The van der Waals surface area contributed by atoms with Gasteiger partial charge in [-0.15, -0.1) is 22.9 Å². The Morgan fingerprint density at radius 3 is 2.53 bits per heavy atom. The van der Waals surface area contributed by atoms with E-state index in [0.717, 1.165) is 24.6 Å². The number of rotatable bonds is 4. The molecule has 0 spiro atoms. The normalized spacial score (nSPS) is 24.6. The molecule has 3 heteroatoms. The predicted octanol–water partition coefficient (Wildman–Crippen LogP) is 5.63. The Hall–Kier alpha value is -0.0800. The van der Waals surface area contributed by atoms with E-state index < -0.39 is 0 Å². The van der Waals surface area contributed by atoms with Gasteiger partial charge in [-0.25, -0.2) is 4.98 Å². The number of hydrogen-bond donors (Lipinski definition) is 0. The highest BCUT2D eigenvalue weighted by Crippen LogP contribution is 2.43. The van der Waals surface area contributed by atoms with E-state index in [9.17, 15) is 0 Å². The van der Waals surface area contributed by atoms with Crippen molar-refractivity contribution in [3.05, 3.63) is 16.1 Å². The summed E-state index contributed by atoms with van der Waals surface area (Å²) < 4.78 is 0. The molecule has 0 atom stereocenters. The topological polar surface area (TPSA) is 12.9 Å². The highest BCUT2D eigenvalue weighted by Gasteiger charge is 2.31. The highest BCUT2D eigenvalue weighted by atomic mass is 35.5. The molecule has 0 saturated heterocycles. The van der Waals surface area contributed by atoms with E-state index >= 15 is 0 Å². The van der Waals surface area contributed by atoms with Crippen LogP contribution in [0.5, 0.6) is 0 Å². The third-order valence-electron chi connectivity index (χ3n) is 4.44. The molecule has 1 aliphatic carbocycles. The molecule has 1 aromatic heterocycles. The Morgan fingerprint density at radius 2 is 1.95 bits per heavy atom. The van der Waals surface area contributed by atoms with Gasteiger partial charge in [0, 0.05) is 17.2 Å². The molecule has 0 radical (unpaired) electrons. The van der Waals surface area contributed by atoms with Crippen LogP contribution in [-0.2, 0) is 6.42 Å². The van der Waals surface area contributed by atoms with E-state index in [1.54, 1.807) is 0 Å². The van der Waals surface area contributed by atoms with Gasteiger partial charge in [0.05, 0.1) is 10.7 Å². The Morgan fingerprint density at radius 1 is 1.26 bits per heavy atom.